The number of benzene rings is 1. The highest BCUT2D eigenvalue weighted by molar-refractivity contribution is 5.97. The first-order chi connectivity index (χ1) is 10.8. The van der Waals surface area contributed by atoms with Crippen LogP contribution >= 0.6 is 0 Å². The number of carbonyl (C=O) groups excluding carboxylic acids is 2. The summed E-state index contributed by atoms with van der Waals surface area (Å²) in [5, 5.41) is 0.787. The van der Waals surface area contributed by atoms with E-state index in [1.807, 2.05) is 13.0 Å². The molecule has 2 rings (SSSR count). The van der Waals surface area contributed by atoms with Crippen molar-refractivity contribution in [1.82, 2.24) is 4.90 Å². The number of amides is 1. The third-order valence-corrected chi connectivity index (χ3v) is 3.48. The zero-order valence-electron chi connectivity index (χ0n) is 14.0. The van der Waals surface area contributed by atoms with E-state index in [-0.39, 0.29) is 11.7 Å². The Morgan fingerprint density at radius 1 is 1.30 bits per heavy atom. The van der Waals surface area contributed by atoms with Crippen LogP contribution in [0.25, 0.3) is 11.0 Å². The maximum atomic E-state index is 12.3. The van der Waals surface area contributed by atoms with Gasteiger partial charge in [-0.05, 0) is 39.0 Å². The lowest BCUT2D eigenvalue weighted by Crippen LogP contribution is -2.34. The first-order valence-corrected chi connectivity index (χ1v) is 7.43. The van der Waals surface area contributed by atoms with E-state index in [4.69, 9.17) is 13.9 Å². The highest BCUT2D eigenvalue weighted by Gasteiger charge is 2.25. The zero-order valence-corrected chi connectivity index (χ0v) is 14.0. The summed E-state index contributed by atoms with van der Waals surface area (Å²) in [7, 11) is 3.21. The molecule has 0 unspecified atom stereocenters. The van der Waals surface area contributed by atoms with Gasteiger partial charge >= 0.3 is 5.97 Å². The van der Waals surface area contributed by atoms with Gasteiger partial charge in [-0.2, -0.15) is 0 Å². The molecule has 0 radical (unpaired) electrons. The van der Waals surface area contributed by atoms with Crippen molar-refractivity contribution in [3.63, 3.8) is 0 Å². The largest absolute Gasteiger partial charge is 0.494 e. The molecule has 0 spiro atoms. The third kappa shape index (κ3) is 3.47. The molecule has 124 valence electrons. The van der Waals surface area contributed by atoms with Gasteiger partial charge in [0, 0.05) is 25.0 Å². The molecule has 0 N–H and O–H groups in total. The monoisotopic (exact) mass is 319 g/mol. The summed E-state index contributed by atoms with van der Waals surface area (Å²) < 4.78 is 16.2. The standard InChI is InChI=1S/C17H21NO5/c1-6-21-12-7-8-14-13(9-12)10(2)15(23-14)17(20)22-11(3)16(19)18(4)5/h7-9,11H,6H2,1-5H3/t11-/m1/s1. The van der Waals surface area contributed by atoms with Crippen molar-refractivity contribution in [2.45, 2.75) is 26.9 Å². The summed E-state index contributed by atoms with van der Waals surface area (Å²) in [5.74, 6) is -0.128. The van der Waals surface area contributed by atoms with Gasteiger partial charge in [-0.15, -0.1) is 0 Å². The van der Waals surface area contributed by atoms with Gasteiger partial charge in [-0.25, -0.2) is 4.79 Å². The summed E-state index contributed by atoms with van der Waals surface area (Å²) in [6.07, 6.45) is -0.871. The maximum absolute atomic E-state index is 12.3. The topological polar surface area (TPSA) is 69.0 Å². The molecule has 0 fully saturated rings. The predicted octanol–water partition coefficient (Wildman–Crippen LogP) is 2.77. The second-order valence-corrected chi connectivity index (χ2v) is 5.43. The number of aryl methyl sites for hydroxylation is 1. The van der Waals surface area contributed by atoms with Crippen LogP contribution in [0.1, 0.15) is 30.0 Å². The number of fused-ring (bicyclic) bond motifs is 1. The van der Waals surface area contributed by atoms with E-state index in [0.717, 1.165) is 5.39 Å². The predicted molar refractivity (Wildman–Crippen MR) is 85.7 cm³/mol. The van der Waals surface area contributed by atoms with Crippen LogP contribution in [0.3, 0.4) is 0 Å². The molecule has 2 aromatic rings. The number of hydrogen-bond donors (Lipinski definition) is 0. The molecule has 0 saturated heterocycles. The van der Waals surface area contributed by atoms with Crippen LogP contribution in [-0.2, 0) is 9.53 Å². The Kier molecular flexibility index (Phi) is 4.93. The number of rotatable bonds is 5. The highest BCUT2D eigenvalue weighted by Crippen LogP contribution is 2.29. The summed E-state index contributed by atoms with van der Waals surface area (Å²) in [4.78, 5) is 25.4. The molecular weight excluding hydrogens is 298 g/mol. The second kappa shape index (κ2) is 6.73. The van der Waals surface area contributed by atoms with Crippen LogP contribution in [0.4, 0.5) is 0 Å². The number of hydrogen-bond acceptors (Lipinski definition) is 5. The minimum Gasteiger partial charge on any atom is -0.494 e. The fraction of sp³-hybridized carbons (Fsp3) is 0.412. The van der Waals surface area contributed by atoms with Gasteiger partial charge in [-0.1, -0.05) is 0 Å². The lowest BCUT2D eigenvalue weighted by Gasteiger charge is -2.16. The normalized spacial score (nSPS) is 12.0. The van der Waals surface area contributed by atoms with Gasteiger partial charge in [0.15, 0.2) is 6.10 Å². The van der Waals surface area contributed by atoms with E-state index in [2.05, 4.69) is 0 Å². The fourth-order valence-electron chi connectivity index (χ4n) is 2.28. The highest BCUT2D eigenvalue weighted by atomic mass is 16.6. The number of likely N-dealkylation sites (N-methyl/N-ethyl adjacent to an activating group) is 1. The number of nitrogens with zero attached hydrogens (tertiary/aromatic N) is 1. The Hall–Kier alpha value is -2.50. The molecule has 23 heavy (non-hydrogen) atoms. The first-order valence-electron chi connectivity index (χ1n) is 7.43. The maximum Gasteiger partial charge on any atom is 0.375 e. The van der Waals surface area contributed by atoms with Gasteiger partial charge < -0.3 is 18.8 Å². The molecular formula is C17H21NO5. The van der Waals surface area contributed by atoms with E-state index >= 15 is 0 Å². The van der Waals surface area contributed by atoms with E-state index in [0.29, 0.717) is 23.5 Å². The molecule has 1 amide bonds. The molecule has 1 heterocycles. The van der Waals surface area contributed by atoms with Gasteiger partial charge in [0.2, 0.25) is 5.76 Å². The molecule has 1 aromatic heterocycles. The van der Waals surface area contributed by atoms with Gasteiger partial charge in [0.25, 0.3) is 5.91 Å². The van der Waals surface area contributed by atoms with Crippen LogP contribution in [0.15, 0.2) is 22.6 Å². The van der Waals surface area contributed by atoms with E-state index < -0.39 is 12.1 Å². The Bertz CT molecular complexity index is 732. The second-order valence-electron chi connectivity index (χ2n) is 5.43. The van der Waals surface area contributed by atoms with Crippen LogP contribution < -0.4 is 4.74 Å². The molecule has 1 aromatic carbocycles. The van der Waals surface area contributed by atoms with Crippen LogP contribution in [0.2, 0.25) is 0 Å². The number of ether oxygens (including phenoxy) is 2. The number of furan rings is 1. The van der Waals surface area contributed by atoms with Crippen molar-refractivity contribution in [3.8, 4) is 5.75 Å². The Morgan fingerprint density at radius 2 is 2.00 bits per heavy atom. The first kappa shape index (κ1) is 16.9. The van der Waals surface area contributed by atoms with Crippen LogP contribution in [0.5, 0.6) is 5.75 Å². The summed E-state index contributed by atoms with van der Waals surface area (Å²) in [6, 6.07) is 5.35. The van der Waals surface area contributed by atoms with Crippen molar-refractivity contribution in [1.29, 1.82) is 0 Å². The minimum atomic E-state index is -0.871. The quantitative estimate of drug-likeness (QED) is 0.793. The fourth-order valence-corrected chi connectivity index (χ4v) is 2.28. The van der Waals surface area contributed by atoms with Crippen LogP contribution in [0, 0.1) is 6.92 Å². The molecule has 6 heteroatoms. The molecule has 6 nitrogen and oxygen atoms in total. The van der Waals surface area contributed by atoms with Crippen molar-refractivity contribution in [2.24, 2.45) is 0 Å². The van der Waals surface area contributed by atoms with E-state index in [1.165, 1.54) is 11.8 Å². The lowest BCUT2D eigenvalue weighted by atomic mass is 10.1. The summed E-state index contributed by atoms with van der Waals surface area (Å²) in [6.45, 7) is 5.77. The number of esters is 1. The molecule has 0 aliphatic rings. The van der Waals surface area contributed by atoms with Gasteiger partial charge in [0.1, 0.15) is 11.3 Å². The average molecular weight is 319 g/mol. The van der Waals surface area contributed by atoms with Crippen molar-refractivity contribution >= 4 is 22.8 Å². The van der Waals surface area contributed by atoms with Crippen molar-refractivity contribution in [3.05, 3.63) is 29.5 Å². The third-order valence-electron chi connectivity index (χ3n) is 3.48. The number of carbonyl (C=O) groups is 2. The zero-order chi connectivity index (χ0) is 17.1. The molecule has 0 aliphatic heterocycles. The molecule has 1 atom stereocenters. The Morgan fingerprint density at radius 3 is 2.61 bits per heavy atom. The minimum absolute atomic E-state index is 0.104. The SMILES string of the molecule is CCOc1ccc2oc(C(=O)O[C@H](C)C(=O)N(C)C)c(C)c2c1. The Balaban J connectivity index is 2.27. The molecule has 0 saturated carbocycles. The lowest BCUT2D eigenvalue weighted by molar-refractivity contribution is -0.137. The summed E-state index contributed by atoms with van der Waals surface area (Å²) in [5.41, 5.74) is 1.24. The smallest absolute Gasteiger partial charge is 0.375 e. The Labute approximate surface area is 135 Å². The van der Waals surface area contributed by atoms with E-state index in [1.54, 1.807) is 33.2 Å². The van der Waals surface area contributed by atoms with Crippen molar-refractivity contribution in [2.75, 3.05) is 20.7 Å². The van der Waals surface area contributed by atoms with Gasteiger partial charge in [0.05, 0.1) is 6.61 Å². The molecule has 0 aliphatic carbocycles. The van der Waals surface area contributed by atoms with Crippen LogP contribution in [-0.4, -0.2) is 43.6 Å². The van der Waals surface area contributed by atoms with Gasteiger partial charge in [-0.3, -0.25) is 4.79 Å². The summed E-state index contributed by atoms with van der Waals surface area (Å²) >= 11 is 0. The average Bonchev–Trinajstić information content (AvgIpc) is 2.83. The van der Waals surface area contributed by atoms with Crippen molar-refractivity contribution < 1.29 is 23.5 Å². The van der Waals surface area contributed by atoms with E-state index in [9.17, 15) is 9.59 Å². The molecule has 0 bridgehead atoms.